The smallest absolute Gasteiger partial charge is 0.257 e. The number of benzene rings is 1. The van der Waals surface area contributed by atoms with Gasteiger partial charge >= 0.3 is 0 Å². The number of pyridine rings is 2. The van der Waals surface area contributed by atoms with E-state index in [0.717, 1.165) is 16.8 Å². The van der Waals surface area contributed by atoms with Crippen LogP contribution in [0.5, 0.6) is 17.4 Å². The van der Waals surface area contributed by atoms with Gasteiger partial charge in [0.2, 0.25) is 5.91 Å². The van der Waals surface area contributed by atoms with E-state index in [-0.39, 0.29) is 0 Å². The fraction of sp³-hybridized carbons (Fsp3) is 0.150. The third kappa shape index (κ3) is 3.64. The molecule has 0 aliphatic rings. The van der Waals surface area contributed by atoms with Crippen LogP contribution in [0.15, 0.2) is 54.9 Å². The van der Waals surface area contributed by atoms with Crippen molar-refractivity contribution >= 4 is 5.91 Å². The highest BCUT2D eigenvalue weighted by Crippen LogP contribution is 2.31. The molecule has 6 nitrogen and oxygen atoms in total. The van der Waals surface area contributed by atoms with Crippen molar-refractivity contribution in [3.63, 3.8) is 0 Å². The number of aromatic nitrogens is 2. The van der Waals surface area contributed by atoms with E-state index in [1.165, 1.54) is 0 Å². The van der Waals surface area contributed by atoms with Gasteiger partial charge in [0.25, 0.3) is 5.88 Å². The monoisotopic (exact) mass is 349 g/mol. The first kappa shape index (κ1) is 17.4. The number of rotatable bonds is 6. The van der Waals surface area contributed by atoms with E-state index >= 15 is 0 Å². The van der Waals surface area contributed by atoms with Gasteiger partial charge in [-0.05, 0) is 42.3 Å². The van der Waals surface area contributed by atoms with Gasteiger partial charge in [-0.15, -0.1) is 0 Å². The largest absolute Gasteiger partial charge is 0.478 e. The zero-order chi connectivity index (χ0) is 18.5. The summed E-state index contributed by atoms with van der Waals surface area (Å²) in [5, 5.41) is 0. The highest BCUT2D eigenvalue weighted by atomic mass is 16.5. The number of nitrogens with zero attached hydrogens (tertiary/aromatic N) is 2. The Morgan fingerprint density at radius 1 is 1.12 bits per heavy atom. The van der Waals surface area contributed by atoms with Crippen LogP contribution >= 0.6 is 0 Å². The van der Waals surface area contributed by atoms with Gasteiger partial charge in [0.05, 0.1) is 12.8 Å². The summed E-state index contributed by atoms with van der Waals surface area (Å²) < 4.78 is 11.1. The number of amides is 1. The molecule has 2 N–H and O–H groups in total. The lowest BCUT2D eigenvalue weighted by Crippen LogP contribution is -2.13. The lowest BCUT2D eigenvalue weighted by molar-refractivity contribution is 0.0999. The van der Waals surface area contributed by atoms with Crippen molar-refractivity contribution in [2.75, 3.05) is 7.11 Å². The molecule has 0 aliphatic carbocycles. The third-order valence-corrected chi connectivity index (χ3v) is 3.94. The Morgan fingerprint density at radius 2 is 1.96 bits per heavy atom. The van der Waals surface area contributed by atoms with E-state index in [1.807, 2.05) is 25.1 Å². The zero-order valence-corrected chi connectivity index (χ0v) is 14.6. The van der Waals surface area contributed by atoms with Crippen LogP contribution in [-0.2, 0) is 6.42 Å². The Bertz CT molecular complexity index is 941. The molecule has 6 heteroatoms. The van der Waals surface area contributed by atoms with Crippen molar-refractivity contribution in [3.8, 4) is 28.6 Å². The lowest BCUT2D eigenvalue weighted by Gasteiger charge is -2.11. The molecule has 1 aromatic carbocycles. The Balaban J connectivity index is 1.93. The number of hydrogen-bond donors (Lipinski definition) is 1. The van der Waals surface area contributed by atoms with Gasteiger partial charge in [-0.3, -0.25) is 9.78 Å². The minimum atomic E-state index is -0.429. The van der Waals surface area contributed by atoms with Crippen LogP contribution in [0.2, 0.25) is 0 Å². The van der Waals surface area contributed by atoms with E-state index in [1.54, 1.807) is 43.8 Å². The van der Waals surface area contributed by atoms with E-state index in [2.05, 4.69) is 9.97 Å². The number of carbonyl (C=O) groups excluding carboxylic acids is 1. The van der Waals surface area contributed by atoms with E-state index in [4.69, 9.17) is 15.2 Å². The molecule has 0 unspecified atom stereocenters. The summed E-state index contributed by atoms with van der Waals surface area (Å²) in [5.74, 6) is 1.11. The number of nitrogens with two attached hydrogens (primary N) is 1. The Hall–Kier alpha value is -3.41. The molecule has 0 bridgehead atoms. The normalized spacial score (nSPS) is 10.4. The molecule has 2 aromatic heterocycles. The van der Waals surface area contributed by atoms with Gasteiger partial charge in [0, 0.05) is 29.6 Å². The predicted octanol–water partition coefficient (Wildman–Crippen LogP) is 3.61. The Kier molecular flexibility index (Phi) is 5.12. The number of ether oxygens (including phenoxy) is 2. The van der Waals surface area contributed by atoms with Crippen molar-refractivity contribution in [3.05, 3.63) is 66.0 Å². The second-order valence-electron chi connectivity index (χ2n) is 5.58. The fourth-order valence-electron chi connectivity index (χ4n) is 2.65. The van der Waals surface area contributed by atoms with Gasteiger partial charge in [-0.25, -0.2) is 4.98 Å². The summed E-state index contributed by atoms with van der Waals surface area (Å²) in [7, 11) is 1.54. The molecule has 1 amide bonds. The number of primary amides is 1. The van der Waals surface area contributed by atoms with E-state index in [0.29, 0.717) is 29.4 Å². The quantitative estimate of drug-likeness (QED) is 0.734. The summed E-state index contributed by atoms with van der Waals surface area (Å²) in [6.07, 6.45) is 4.01. The Labute approximate surface area is 151 Å². The average molecular weight is 349 g/mol. The van der Waals surface area contributed by atoms with Crippen LogP contribution in [-0.4, -0.2) is 23.0 Å². The molecule has 0 spiro atoms. The summed E-state index contributed by atoms with van der Waals surface area (Å²) >= 11 is 0. The minimum absolute atomic E-state index is 0.407. The third-order valence-electron chi connectivity index (χ3n) is 3.94. The molecule has 3 aromatic rings. The minimum Gasteiger partial charge on any atom is -0.478 e. The Morgan fingerprint density at radius 3 is 2.69 bits per heavy atom. The lowest BCUT2D eigenvalue weighted by atomic mass is 9.99. The van der Waals surface area contributed by atoms with Crippen LogP contribution in [0.4, 0.5) is 0 Å². The maximum Gasteiger partial charge on any atom is 0.257 e. The first-order valence-corrected chi connectivity index (χ1v) is 8.18. The maximum absolute atomic E-state index is 11.5. The second kappa shape index (κ2) is 7.65. The highest BCUT2D eigenvalue weighted by Gasteiger charge is 2.11. The van der Waals surface area contributed by atoms with Gasteiger partial charge in [0.1, 0.15) is 5.75 Å². The molecule has 0 saturated carbocycles. The second-order valence-corrected chi connectivity index (χ2v) is 5.58. The molecule has 0 fully saturated rings. The average Bonchev–Trinajstić information content (AvgIpc) is 2.68. The molecule has 3 rings (SSSR count). The first-order valence-electron chi connectivity index (χ1n) is 8.18. The standard InChI is InChI=1S/C20H19N3O3/c1-3-13-11-14(6-7-16(13)19(21)24)17-12-15(8-10-22-17)26-18-5-4-9-23-20(18)25-2/h4-12H,3H2,1-2H3,(H2,21,24). The molecule has 0 atom stereocenters. The molecule has 2 heterocycles. The van der Waals surface area contributed by atoms with Crippen LogP contribution in [0.1, 0.15) is 22.8 Å². The van der Waals surface area contributed by atoms with Crippen molar-refractivity contribution < 1.29 is 14.3 Å². The SMILES string of the molecule is CCc1cc(-c2cc(Oc3cccnc3OC)ccn2)ccc1C(N)=O. The van der Waals surface area contributed by atoms with Crippen LogP contribution in [0.25, 0.3) is 11.3 Å². The van der Waals surface area contributed by atoms with Crippen molar-refractivity contribution in [1.29, 1.82) is 0 Å². The maximum atomic E-state index is 11.5. The molecule has 132 valence electrons. The molecule has 0 aliphatic heterocycles. The van der Waals surface area contributed by atoms with Crippen LogP contribution in [0, 0.1) is 0 Å². The van der Waals surface area contributed by atoms with Crippen LogP contribution in [0.3, 0.4) is 0 Å². The molecule has 0 saturated heterocycles. The highest BCUT2D eigenvalue weighted by molar-refractivity contribution is 5.95. The first-order chi connectivity index (χ1) is 12.6. The predicted molar refractivity (Wildman–Crippen MR) is 98.4 cm³/mol. The van der Waals surface area contributed by atoms with Crippen molar-refractivity contribution in [2.24, 2.45) is 5.73 Å². The zero-order valence-electron chi connectivity index (χ0n) is 14.6. The van der Waals surface area contributed by atoms with E-state index in [9.17, 15) is 4.79 Å². The summed E-state index contributed by atoms with van der Waals surface area (Å²) in [6, 6.07) is 12.6. The molecular formula is C20H19N3O3. The van der Waals surface area contributed by atoms with E-state index < -0.39 is 5.91 Å². The summed E-state index contributed by atoms with van der Waals surface area (Å²) in [5.41, 5.74) is 8.46. The number of methoxy groups -OCH3 is 1. The van der Waals surface area contributed by atoms with Gasteiger partial charge in [-0.1, -0.05) is 13.0 Å². The molecule has 0 radical (unpaired) electrons. The van der Waals surface area contributed by atoms with Crippen molar-refractivity contribution in [1.82, 2.24) is 9.97 Å². The van der Waals surface area contributed by atoms with Gasteiger partial charge in [0.15, 0.2) is 5.75 Å². The number of aryl methyl sites for hydroxylation is 1. The fourth-order valence-corrected chi connectivity index (χ4v) is 2.65. The number of carbonyl (C=O) groups is 1. The molecular weight excluding hydrogens is 330 g/mol. The van der Waals surface area contributed by atoms with Crippen LogP contribution < -0.4 is 15.2 Å². The summed E-state index contributed by atoms with van der Waals surface area (Å²) in [4.78, 5) is 20.0. The topological polar surface area (TPSA) is 87.3 Å². The van der Waals surface area contributed by atoms with Gasteiger partial charge in [-0.2, -0.15) is 0 Å². The van der Waals surface area contributed by atoms with Gasteiger partial charge < -0.3 is 15.2 Å². The summed E-state index contributed by atoms with van der Waals surface area (Å²) in [6.45, 7) is 1.98. The molecule has 26 heavy (non-hydrogen) atoms. The number of hydrogen-bond acceptors (Lipinski definition) is 5. The van der Waals surface area contributed by atoms with Crippen molar-refractivity contribution in [2.45, 2.75) is 13.3 Å².